The summed E-state index contributed by atoms with van der Waals surface area (Å²) in [5.41, 5.74) is 0.686. The normalized spacial score (nSPS) is 17.5. The van der Waals surface area contributed by atoms with Crippen molar-refractivity contribution in [2.75, 3.05) is 0 Å². The lowest BCUT2D eigenvalue weighted by Gasteiger charge is -2.22. The van der Waals surface area contributed by atoms with Gasteiger partial charge in [-0.3, -0.25) is 9.78 Å². The molecule has 2 aromatic heterocycles. The van der Waals surface area contributed by atoms with Crippen LogP contribution in [-0.4, -0.2) is 26.1 Å². The molecule has 2 aromatic rings. The van der Waals surface area contributed by atoms with Crippen LogP contribution in [0.4, 0.5) is 0 Å². The Morgan fingerprint density at radius 2 is 2.38 bits per heavy atom. The standard InChI is InChI=1S/C13H17N5O2S/c1-7-14-12-8(3-2-4-9(12)21-7)15-11(19)6-5-10-16-13(20)18-17-10/h8H,2-6H2,1H3,(H,15,19)(H2,16,17,18,20). The Morgan fingerprint density at radius 1 is 1.52 bits per heavy atom. The molecule has 1 aliphatic rings. The van der Waals surface area contributed by atoms with Crippen LogP contribution in [0.25, 0.3) is 0 Å². The summed E-state index contributed by atoms with van der Waals surface area (Å²) in [5, 5.41) is 10.2. The van der Waals surface area contributed by atoms with Crippen LogP contribution >= 0.6 is 11.3 Å². The molecule has 3 N–H and O–H groups in total. The van der Waals surface area contributed by atoms with Crippen molar-refractivity contribution in [2.24, 2.45) is 0 Å². The van der Waals surface area contributed by atoms with Gasteiger partial charge in [0.15, 0.2) is 0 Å². The number of rotatable bonds is 4. The van der Waals surface area contributed by atoms with Gasteiger partial charge >= 0.3 is 5.69 Å². The predicted octanol–water partition coefficient (Wildman–Crippen LogP) is 0.989. The first-order valence-electron chi connectivity index (χ1n) is 7.01. The van der Waals surface area contributed by atoms with Crippen LogP contribution in [0, 0.1) is 6.92 Å². The van der Waals surface area contributed by atoms with Crippen molar-refractivity contribution in [3.05, 3.63) is 31.9 Å². The van der Waals surface area contributed by atoms with Gasteiger partial charge in [0.05, 0.1) is 16.7 Å². The average Bonchev–Trinajstić information content (AvgIpc) is 3.02. The number of hydrogen-bond donors (Lipinski definition) is 3. The number of aromatic amines is 2. The van der Waals surface area contributed by atoms with Crippen molar-refractivity contribution in [2.45, 2.75) is 45.1 Å². The fourth-order valence-corrected chi connectivity index (χ4v) is 3.64. The zero-order valence-electron chi connectivity index (χ0n) is 11.7. The fourth-order valence-electron chi connectivity index (χ4n) is 2.60. The molecule has 3 rings (SSSR count). The molecule has 0 spiro atoms. The largest absolute Gasteiger partial charge is 0.348 e. The SMILES string of the molecule is Cc1nc2c(s1)CCCC2NC(=O)CCc1n[nH]c(=O)[nH]1. The Morgan fingerprint density at radius 3 is 3.14 bits per heavy atom. The molecule has 2 heterocycles. The van der Waals surface area contributed by atoms with Gasteiger partial charge in [0.25, 0.3) is 0 Å². The highest BCUT2D eigenvalue weighted by atomic mass is 32.1. The molecule has 1 unspecified atom stereocenters. The molecule has 8 heteroatoms. The highest BCUT2D eigenvalue weighted by molar-refractivity contribution is 7.11. The maximum atomic E-state index is 12.0. The van der Waals surface area contributed by atoms with E-state index in [4.69, 9.17) is 0 Å². The Hall–Kier alpha value is -1.96. The first-order chi connectivity index (χ1) is 10.1. The lowest BCUT2D eigenvalue weighted by Crippen LogP contribution is -2.31. The molecule has 0 fully saturated rings. The number of fused-ring (bicyclic) bond motifs is 1. The maximum absolute atomic E-state index is 12.0. The first kappa shape index (κ1) is 14.0. The van der Waals surface area contributed by atoms with Gasteiger partial charge < -0.3 is 5.32 Å². The van der Waals surface area contributed by atoms with E-state index in [1.54, 1.807) is 11.3 Å². The third-order valence-electron chi connectivity index (χ3n) is 3.54. The van der Waals surface area contributed by atoms with Gasteiger partial charge in [-0.2, -0.15) is 5.10 Å². The van der Waals surface area contributed by atoms with E-state index in [1.165, 1.54) is 4.88 Å². The Bertz CT molecular complexity index is 701. The van der Waals surface area contributed by atoms with Gasteiger partial charge in [-0.1, -0.05) is 0 Å². The summed E-state index contributed by atoms with van der Waals surface area (Å²) in [7, 11) is 0. The minimum absolute atomic E-state index is 0.0180. The second-order valence-corrected chi connectivity index (χ2v) is 6.47. The number of aryl methyl sites for hydroxylation is 3. The van der Waals surface area contributed by atoms with Gasteiger partial charge in [-0.05, 0) is 26.2 Å². The highest BCUT2D eigenvalue weighted by Crippen LogP contribution is 2.32. The lowest BCUT2D eigenvalue weighted by atomic mass is 9.97. The molecule has 1 amide bonds. The van der Waals surface area contributed by atoms with Crippen LogP contribution in [0.1, 0.15) is 46.7 Å². The topological polar surface area (TPSA) is 104 Å². The van der Waals surface area contributed by atoms with Crippen molar-refractivity contribution in [3.63, 3.8) is 0 Å². The number of carbonyl (C=O) groups is 1. The molecule has 1 atom stereocenters. The molecule has 112 valence electrons. The van der Waals surface area contributed by atoms with Crippen LogP contribution in [0.3, 0.4) is 0 Å². The van der Waals surface area contributed by atoms with E-state index in [9.17, 15) is 9.59 Å². The number of hydrogen-bond acceptors (Lipinski definition) is 5. The molecule has 0 saturated carbocycles. The second-order valence-electron chi connectivity index (χ2n) is 5.18. The zero-order chi connectivity index (χ0) is 14.8. The minimum Gasteiger partial charge on any atom is -0.348 e. The molecule has 21 heavy (non-hydrogen) atoms. The average molecular weight is 307 g/mol. The van der Waals surface area contributed by atoms with Gasteiger partial charge in [0.1, 0.15) is 5.82 Å². The van der Waals surface area contributed by atoms with Crippen LogP contribution in [0.5, 0.6) is 0 Å². The van der Waals surface area contributed by atoms with Crippen LogP contribution in [0.15, 0.2) is 4.79 Å². The van der Waals surface area contributed by atoms with Crippen LogP contribution in [0.2, 0.25) is 0 Å². The molecule has 7 nitrogen and oxygen atoms in total. The molecule has 0 bridgehead atoms. The molecular formula is C13H17N5O2S. The van der Waals surface area contributed by atoms with Gasteiger partial charge in [-0.25, -0.2) is 14.9 Å². The van der Waals surface area contributed by atoms with Gasteiger partial charge in [-0.15, -0.1) is 11.3 Å². The summed E-state index contributed by atoms with van der Waals surface area (Å²) in [5.74, 6) is 0.464. The summed E-state index contributed by atoms with van der Waals surface area (Å²) >= 11 is 1.72. The number of H-pyrrole nitrogens is 2. The van der Waals surface area contributed by atoms with Gasteiger partial charge in [0.2, 0.25) is 5.91 Å². The third-order valence-corrected chi connectivity index (χ3v) is 4.58. The molecule has 1 aliphatic carbocycles. The van der Waals surface area contributed by atoms with E-state index in [0.29, 0.717) is 18.7 Å². The quantitative estimate of drug-likeness (QED) is 0.783. The first-order valence-corrected chi connectivity index (χ1v) is 7.82. The van der Waals surface area contributed by atoms with Crippen LogP contribution < -0.4 is 11.0 Å². The number of amides is 1. The van der Waals surface area contributed by atoms with Gasteiger partial charge in [0, 0.05) is 17.7 Å². The number of nitrogens with zero attached hydrogens (tertiary/aromatic N) is 2. The molecule has 0 saturated heterocycles. The summed E-state index contributed by atoms with van der Waals surface area (Å²) in [6.45, 7) is 2.00. The Balaban J connectivity index is 1.59. The van der Waals surface area contributed by atoms with Crippen molar-refractivity contribution >= 4 is 17.2 Å². The third kappa shape index (κ3) is 3.21. The summed E-state index contributed by atoms with van der Waals surface area (Å²) in [6, 6.07) is 0.0180. The minimum atomic E-state index is -0.347. The summed E-state index contributed by atoms with van der Waals surface area (Å²) in [6.07, 6.45) is 3.78. The van der Waals surface area contributed by atoms with Crippen molar-refractivity contribution < 1.29 is 4.79 Å². The van der Waals surface area contributed by atoms with Crippen molar-refractivity contribution in [1.82, 2.24) is 25.5 Å². The number of nitrogens with one attached hydrogen (secondary N) is 3. The highest BCUT2D eigenvalue weighted by Gasteiger charge is 2.25. The second kappa shape index (κ2) is 5.80. The lowest BCUT2D eigenvalue weighted by molar-refractivity contribution is -0.122. The summed E-state index contributed by atoms with van der Waals surface area (Å²) in [4.78, 5) is 31.3. The molecule has 0 aliphatic heterocycles. The maximum Gasteiger partial charge on any atom is 0.340 e. The summed E-state index contributed by atoms with van der Waals surface area (Å²) < 4.78 is 0. The Labute approximate surface area is 125 Å². The van der Waals surface area contributed by atoms with E-state index in [-0.39, 0.29) is 17.6 Å². The van der Waals surface area contributed by atoms with E-state index in [1.807, 2.05) is 6.92 Å². The van der Waals surface area contributed by atoms with E-state index >= 15 is 0 Å². The van der Waals surface area contributed by atoms with Crippen LogP contribution in [-0.2, 0) is 17.6 Å². The van der Waals surface area contributed by atoms with E-state index < -0.39 is 0 Å². The van der Waals surface area contributed by atoms with Crippen molar-refractivity contribution in [3.8, 4) is 0 Å². The molecule has 0 radical (unpaired) electrons. The Kier molecular flexibility index (Phi) is 3.87. The smallest absolute Gasteiger partial charge is 0.340 e. The fraction of sp³-hybridized carbons (Fsp3) is 0.538. The monoisotopic (exact) mass is 307 g/mol. The predicted molar refractivity (Wildman–Crippen MR) is 78.2 cm³/mol. The zero-order valence-corrected chi connectivity index (χ0v) is 12.5. The number of thiazole rings is 1. The molecular weight excluding hydrogens is 290 g/mol. The van der Waals surface area contributed by atoms with E-state index in [0.717, 1.165) is 30.0 Å². The molecule has 0 aromatic carbocycles. The number of carbonyl (C=O) groups excluding carboxylic acids is 1. The van der Waals surface area contributed by atoms with E-state index in [2.05, 4.69) is 25.5 Å². The number of aromatic nitrogens is 4. The van der Waals surface area contributed by atoms with Crippen molar-refractivity contribution in [1.29, 1.82) is 0 Å².